The molecule has 1 aliphatic heterocycles. The highest BCUT2D eigenvalue weighted by atomic mass is 32.2. The van der Waals surface area contributed by atoms with Crippen LogP contribution in [0.5, 0.6) is 0 Å². The van der Waals surface area contributed by atoms with Crippen LogP contribution in [0.4, 0.5) is 14.5 Å². The van der Waals surface area contributed by atoms with Gasteiger partial charge >= 0.3 is 5.76 Å². The smallest absolute Gasteiger partial charge is 0.341 e. The van der Waals surface area contributed by atoms with Crippen molar-refractivity contribution in [3.05, 3.63) is 24.3 Å². The van der Waals surface area contributed by atoms with Gasteiger partial charge in [0.25, 0.3) is 0 Å². The van der Waals surface area contributed by atoms with Crippen molar-refractivity contribution in [1.82, 2.24) is 0 Å². The topological polar surface area (TPSA) is 63.4 Å². The van der Waals surface area contributed by atoms with E-state index in [0.717, 1.165) is 12.2 Å². The van der Waals surface area contributed by atoms with E-state index in [1.165, 1.54) is 12.1 Å². The van der Waals surface area contributed by atoms with Crippen molar-refractivity contribution in [2.24, 2.45) is 11.7 Å². The summed E-state index contributed by atoms with van der Waals surface area (Å²) in [5.74, 6) is -3.04. The minimum absolute atomic E-state index is 0.0736. The molecule has 0 aliphatic carbocycles. The minimum Gasteiger partial charge on any atom is -0.370 e. The van der Waals surface area contributed by atoms with E-state index in [1.54, 1.807) is 12.1 Å². The molecule has 0 aromatic heterocycles. The van der Waals surface area contributed by atoms with Gasteiger partial charge in [0.15, 0.2) is 0 Å². The molecule has 0 spiro atoms. The summed E-state index contributed by atoms with van der Waals surface area (Å²) in [6.07, 6.45) is 0. The van der Waals surface area contributed by atoms with Gasteiger partial charge in [-0.25, -0.2) is 8.42 Å². The van der Waals surface area contributed by atoms with Crippen LogP contribution >= 0.6 is 0 Å². The third-order valence-electron chi connectivity index (χ3n) is 3.44. The van der Waals surface area contributed by atoms with Gasteiger partial charge in [0.2, 0.25) is 9.84 Å². The Morgan fingerprint density at radius 2 is 1.84 bits per heavy atom. The van der Waals surface area contributed by atoms with E-state index in [2.05, 4.69) is 0 Å². The van der Waals surface area contributed by atoms with Gasteiger partial charge in [-0.15, -0.1) is 0 Å². The first-order valence-electron chi connectivity index (χ1n) is 5.95. The molecule has 4 nitrogen and oxygen atoms in total. The molecule has 106 valence electrons. The van der Waals surface area contributed by atoms with Crippen LogP contribution in [0.3, 0.4) is 0 Å². The van der Waals surface area contributed by atoms with Crippen LogP contribution in [-0.2, 0) is 9.84 Å². The molecule has 1 heterocycles. The third-order valence-corrected chi connectivity index (χ3v) is 4.83. The Kier molecular flexibility index (Phi) is 3.78. The normalized spacial score (nSPS) is 24.2. The Morgan fingerprint density at radius 3 is 2.26 bits per heavy atom. The molecular weight excluding hydrogens is 274 g/mol. The summed E-state index contributed by atoms with van der Waals surface area (Å²) in [5, 5.41) is 0. The molecule has 1 saturated heterocycles. The summed E-state index contributed by atoms with van der Waals surface area (Å²) < 4.78 is 47.3. The van der Waals surface area contributed by atoms with Gasteiger partial charge in [-0.2, -0.15) is 8.78 Å². The third kappa shape index (κ3) is 2.71. The van der Waals surface area contributed by atoms with Gasteiger partial charge in [0.1, 0.15) is 0 Å². The molecule has 0 saturated carbocycles. The zero-order chi connectivity index (χ0) is 14.2. The van der Waals surface area contributed by atoms with E-state index >= 15 is 0 Å². The average molecular weight is 290 g/mol. The standard InChI is InChI=1S/C12H16F2N2O2S/c1-8-6-16(7-11(8)15)9-2-4-10(5-3-9)19(17,18)12(13)14/h2-5,8,11-12H,6-7,15H2,1H3. The second-order valence-corrected chi connectivity index (χ2v) is 6.76. The van der Waals surface area contributed by atoms with Crippen LogP contribution in [0.2, 0.25) is 0 Å². The predicted octanol–water partition coefficient (Wildman–Crippen LogP) is 1.47. The second kappa shape index (κ2) is 5.05. The molecule has 2 rings (SSSR count). The van der Waals surface area contributed by atoms with E-state index in [4.69, 9.17) is 5.73 Å². The van der Waals surface area contributed by atoms with Crippen molar-refractivity contribution in [2.45, 2.75) is 23.6 Å². The summed E-state index contributed by atoms with van der Waals surface area (Å²) in [6.45, 7) is 3.50. The highest BCUT2D eigenvalue weighted by molar-refractivity contribution is 7.91. The first kappa shape index (κ1) is 14.2. The Morgan fingerprint density at radius 1 is 1.26 bits per heavy atom. The number of anilines is 1. The molecular formula is C12H16F2N2O2S. The Hall–Kier alpha value is -1.21. The van der Waals surface area contributed by atoms with Gasteiger partial charge in [-0.3, -0.25) is 0 Å². The molecule has 2 N–H and O–H groups in total. The zero-order valence-corrected chi connectivity index (χ0v) is 11.3. The number of rotatable bonds is 3. The number of sulfone groups is 1. The fourth-order valence-corrected chi connectivity index (χ4v) is 2.87. The summed E-state index contributed by atoms with van der Waals surface area (Å²) in [7, 11) is -4.52. The lowest BCUT2D eigenvalue weighted by Gasteiger charge is -2.18. The van der Waals surface area contributed by atoms with E-state index in [0.29, 0.717) is 12.5 Å². The van der Waals surface area contributed by atoms with Crippen molar-refractivity contribution < 1.29 is 17.2 Å². The molecule has 1 aromatic rings. The quantitative estimate of drug-likeness (QED) is 0.915. The fourth-order valence-electron chi connectivity index (χ4n) is 2.15. The zero-order valence-electron chi connectivity index (χ0n) is 10.5. The molecule has 1 aromatic carbocycles. The lowest BCUT2D eigenvalue weighted by molar-refractivity contribution is 0.234. The summed E-state index contributed by atoms with van der Waals surface area (Å²) in [5.41, 5.74) is 6.71. The van der Waals surface area contributed by atoms with E-state index in [1.807, 2.05) is 11.8 Å². The highest BCUT2D eigenvalue weighted by Gasteiger charge is 2.28. The molecule has 19 heavy (non-hydrogen) atoms. The number of nitrogens with zero attached hydrogens (tertiary/aromatic N) is 1. The molecule has 0 radical (unpaired) electrons. The van der Waals surface area contributed by atoms with Crippen LogP contribution in [0, 0.1) is 5.92 Å². The van der Waals surface area contributed by atoms with Crippen molar-refractivity contribution in [1.29, 1.82) is 0 Å². The Labute approximate surface area is 111 Å². The number of benzene rings is 1. The highest BCUT2D eigenvalue weighted by Crippen LogP contribution is 2.26. The van der Waals surface area contributed by atoms with Crippen molar-refractivity contribution in [3.8, 4) is 0 Å². The summed E-state index contributed by atoms with van der Waals surface area (Å²) in [4.78, 5) is 1.66. The van der Waals surface area contributed by atoms with Crippen LogP contribution < -0.4 is 10.6 Å². The average Bonchev–Trinajstić information content (AvgIpc) is 2.69. The second-order valence-electron chi connectivity index (χ2n) is 4.85. The van der Waals surface area contributed by atoms with Gasteiger partial charge in [0, 0.05) is 24.8 Å². The molecule has 7 heteroatoms. The number of halogens is 2. The number of hydrogen-bond donors (Lipinski definition) is 1. The van der Waals surface area contributed by atoms with Crippen LogP contribution in [0.25, 0.3) is 0 Å². The molecule has 2 atom stereocenters. The summed E-state index contributed by atoms with van der Waals surface area (Å²) in [6, 6.07) is 5.58. The number of alkyl halides is 2. The van der Waals surface area contributed by atoms with Crippen molar-refractivity contribution in [3.63, 3.8) is 0 Å². The van der Waals surface area contributed by atoms with E-state index in [-0.39, 0.29) is 10.9 Å². The van der Waals surface area contributed by atoms with Gasteiger partial charge in [-0.05, 0) is 30.2 Å². The molecule has 2 unspecified atom stereocenters. The Balaban J connectivity index is 2.20. The maximum atomic E-state index is 12.4. The number of hydrogen-bond acceptors (Lipinski definition) is 4. The van der Waals surface area contributed by atoms with E-state index < -0.39 is 15.6 Å². The van der Waals surface area contributed by atoms with Crippen molar-refractivity contribution in [2.75, 3.05) is 18.0 Å². The minimum atomic E-state index is -4.52. The lowest BCUT2D eigenvalue weighted by Crippen LogP contribution is -2.28. The van der Waals surface area contributed by atoms with Crippen LogP contribution in [0.15, 0.2) is 29.2 Å². The largest absolute Gasteiger partial charge is 0.370 e. The van der Waals surface area contributed by atoms with Crippen molar-refractivity contribution >= 4 is 15.5 Å². The summed E-state index contributed by atoms with van der Waals surface area (Å²) >= 11 is 0. The maximum Gasteiger partial charge on any atom is 0.341 e. The van der Waals surface area contributed by atoms with Gasteiger partial charge in [0.05, 0.1) is 4.90 Å². The van der Waals surface area contributed by atoms with E-state index in [9.17, 15) is 17.2 Å². The molecule has 0 amide bonds. The van der Waals surface area contributed by atoms with Gasteiger partial charge in [-0.1, -0.05) is 6.92 Å². The molecule has 1 aliphatic rings. The predicted molar refractivity (Wildman–Crippen MR) is 69.0 cm³/mol. The van der Waals surface area contributed by atoms with Crippen LogP contribution in [0.1, 0.15) is 6.92 Å². The number of nitrogens with two attached hydrogens (primary N) is 1. The molecule has 1 fully saturated rings. The monoisotopic (exact) mass is 290 g/mol. The van der Waals surface area contributed by atoms with Gasteiger partial charge < -0.3 is 10.6 Å². The first-order chi connectivity index (χ1) is 8.82. The Bertz CT molecular complexity index is 535. The fraction of sp³-hybridized carbons (Fsp3) is 0.500. The van der Waals surface area contributed by atoms with Crippen LogP contribution in [-0.4, -0.2) is 33.3 Å². The maximum absolute atomic E-state index is 12.4. The lowest BCUT2D eigenvalue weighted by atomic mass is 10.1. The first-order valence-corrected chi connectivity index (χ1v) is 7.49. The molecule has 0 bridgehead atoms. The SMILES string of the molecule is CC1CN(c2ccc(S(=O)(=O)C(F)F)cc2)CC1N.